The van der Waals surface area contributed by atoms with Crippen molar-refractivity contribution in [3.63, 3.8) is 0 Å². The molecule has 0 bridgehead atoms. The van der Waals surface area contributed by atoms with E-state index in [1.54, 1.807) is 18.5 Å². The molecule has 90 valence electrons. The summed E-state index contributed by atoms with van der Waals surface area (Å²) in [5.41, 5.74) is 3.39. The predicted molar refractivity (Wildman–Crippen MR) is 65.9 cm³/mol. The second-order valence-electron chi connectivity index (χ2n) is 4.10. The Labute approximate surface area is 104 Å². The molecule has 0 fully saturated rings. The molecular weight excluding hydrogens is 230 g/mol. The van der Waals surface area contributed by atoms with Crippen LogP contribution in [0, 0.1) is 6.92 Å². The van der Waals surface area contributed by atoms with Gasteiger partial charge in [-0.3, -0.25) is 9.78 Å². The number of benzene rings is 1. The summed E-state index contributed by atoms with van der Waals surface area (Å²) < 4.78 is 10.6. The van der Waals surface area contributed by atoms with Crippen molar-refractivity contribution in [2.45, 2.75) is 6.92 Å². The van der Waals surface area contributed by atoms with Gasteiger partial charge in [0.2, 0.25) is 6.79 Å². The van der Waals surface area contributed by atoms with Crippen LogP contribution < -0.4 is 9.47 Å². The van der Waals surface area contributed by atoms with Crippen LogP contribution in [-0.2, 0) is 0 Å². The van der Waals surface area contributed by atoms with Gasteiger partial charge in [-0.25, -0.2) is 0 Å². The Morgan fingerprint density at radius 3 is 2.72 bits per heavy atom. The van der Waals surface area contributed by atoms with Crippen molar-refractivity contribution in [3.05, 3.63) is 41.7 Å². The topological polar surface area (TPSA) is 48.4 Å². The first kappa shape index (κ1) is 10.8. The fraction of sp³-hybridized carbons (Fsp3) is 0.143. The van der Waals surface area contributed by atoms with Gasteiger partial charge in [-0.1, -0.05) is 0 Å². The normalized spacial score (nSPS) is 12.5. The number of hydrogen-bond donors (Lipinski definition) is 0. The quantitative estimate of drug-likeness (QED) is 0.758. The van der Waals surface area contributed by atoms with E-state index in [9.17, 15) is 4.79 Å². The lowest BCUT2D eigenvalue weighted by Gasteiger charge is -2.09. The van der Waals surface area contributed by atoms with E-state index in [1.165, 1.54) is 0 Å². The van der Waals surface area contributed by atoms with Crippen LogP contribution in [0.15, 0.2) is 30.6 Å². The molecule has 4 heteroatoms. The summed E-state index contributed by atoms with van der Waals surface area (Å²) in [5.74, 6) is 1.28. The molecule has 0 N–H and O–H groups in total. The molecule has 1 aliphatic rings. The zero-order valence-electron chi connectivity index (χ0n) is 9.84. The smallest absolute Gasteiger partial charge is 0.231 e. The van der Waals surface area contributed by atoms with Gasteiger partial charge >= 0.3 is 0 Å². The molecule has 0 amide bonds. The third kappa shape index (κ3) is 1.62. The first-order chi connectivity index (χ1) is 8.79. The number of aryl methyl sites for hydroxylation is 1. The fourth-order valence-electron chi connectivity index (χ4n) is 2.03. The Morgan fingerprint density at radius 1 is 1.22 bits per heavy atom. The fourth-order valence-corrected chi connectivity index (χ4v) is 2.03. The van der Waals surface area contributed by atoms with Gasteiger partial charge in [-0.15, -0.1) is 0 Å². The molecule has 18 heavy (non-hydrogen) atoms. The Balaban J connectivity index is 2.23. The van der Waals surface area contributed by atoms with Crippen molar-refractivity contribution in [2.24, 2.45) is 0 Å². The Kier molecular flexibility index (Phi) is 2.48. The van der Waals surface area contributed by atoms with Crippen molar-refractivity contribution in [1.82, 2.24) is 4.98 Å². The van der Waals surface area contributed by atoms with E-state index in [1.807, 2.05) is 19.1 Å². The molecule has 1 aromatic carbocycles. The van der Waals surface area contributed by atoms with Crippen molar-refractivity contribution < 1.29 is 14.3 Å². The van der Waals surface area contributed by atoms with E-state index in [2.05, 4.69) is 4.98 Å². The van der Waals surface area contributed by atoms with E-state index in [4.69, 9.17) is 9.47 Å². The lowest BCUT2D eigenvalue weighted by molar-refractivity contribution is 0.112. The number of aromatic nitrogens is 1. The van der Waals surface area contributed by atoms with Crippen LogP contribution in [0.25, 0.3) is 11.1 Å². The molecule has 1 aromatic heterocycles. The molecule has 0 spiro atoms. The maximum atomic E-state index is 11.2. The molecule has 0 atom stereocenters. The number of nitrogens with zero attached hydrogens (tertiary/aromatic N) is 1. The molecule has 0 radical (unpaired) electrons. The molecule has 0 unspecified atom stereocenters. The van der Waals surface area contributed by atoms with E-state index in [-0.39, 0.29) is 6.79 Å². The summed E-state index contributed by atoms with van der Waals surface area (Å²) in [4.78, 5) is 15.3. The van der Waals surface area contributed by atoms with Crippen molar-refractivity contribution in [1.29, 1.82) is 0 Å². The van der Waals surface area contributed by atoms with E-state index >= 15 is 0 Å². The van der Waals surface area contributed by atoms with Crippen LogP contribution in [0.2, 0.25) is 0 Å². The molecule has 1 aliphatic heterocycles. The monoisotopic (exact) mass is 241 g/mol. The number of carbonyl (C=O) groups is 1. The summed E-state index contributed by atoms with van der Waals surface area (Å²) in [6.07, 6.45) is 4.30. The number of pyridine rings is 1. The van der Waals surface area contributed by atoms with E-state index in [0.29, 0.717) is 17.1 Å². The Bertz CT molecular complexity index is 622. The standard InChI is InChI=1S/C14H11NO3/c1-9-2-3-15-6-12(9)11-5-14-13(17-8-18-14)4-10(11)7-16/h2-7H,8H2,1H3. The molecule has 0 aliphatic carbocycles. The summed E-state index contributed by atoms with van der Waals surface area (Å²) in [6.45, 7) is 2.18. The van der Waals surface area contributed by atoms with Gasteiger partial charge in [0.15, 0.2) is 17.8 Å². The molecule has 3 rings (SSSR count). The van der Waals surface area contributed by atoms with Crippen LogP contribution in [0.4, 0.5) is 0 Å². The zero-order valence-corrected chi connectivity index (χ0v) is 9.84. The Hall–Kier alpha value is -2.36. The van der Waals surface area contributed by atoms with E-state index in [0.717, 1.165) is 23.0 Å². The molecule has 0 saturated carbocycles. The molecule has 2 aromatic rings. The second kappa shape index (κ2) is 4.14. The van der Waals surface area contributed by atoms with Gasteiger partial charge in [-0.05, 0) is 36.2 Å². The maximum absolute atomic E-state index is 11.2. The summed E-state index contributed by atoms with van der Waals surface area (Å²) in [6, 6.07) is 5.45. The number of ether oxygens (including phenoxy) is 2. The summed E-state index contributed by atoms with van der Waals surface area (Å²) in [7, 11) is 0. The number of fused-ring (bicyclic) bond motifs is 1. The zero-order chi connectivity index (χ0) is 12.5. The van der Waals surface area contributed by atoms with Crippen molar-refractivity contribution in [3.8, 4) is 22.6 Å². The largest absolute Gasteiger partial charge is 0.454 e. The number of carbonyl (C=O) groups excluding carboxylic acids is 1. The minimum absolute atomic E-state index is 0.198. The van der Waals surface area contributed by atoms with Crippen molar-refractivity contribution in [2.75, 3.05) is 6.79 Å². The second-order valence-corrected chi connectivity index (χ2v) is 4.10. The van der Waals surface area contributed by atoms with Crippen molar-refractivity contribution >= 4 is 6.29 Å². The molecule has 4 nitrogen and oxygen atoms in total. The summed E-state index contributed by atoms with van der Waals surface area (Å²) in [5, 5.41) is 0. The van der Waals surface area contributed by atoms with E-state index < -0.39 is 0 Å². The van der Waals surface area contributed by atoms with Gasteiger partial charge in [0.25, 0.3) is 0 Å². The Morgan fingerprint density at radius 2 is 2.00 bits per heavy atom. The minimum Gasteiger partial charge on any atom is -0.454 e. The number of hydrogen-bond acceptors (Lipinski definition) is 4. The number of rotatable bonds is 2. The van der Waals surface area contributed by atoms with Gasteiger partial charge in [0.05, 0.1) is 0 Å². The average Bonchev–Trinajstić information content (AvgIpc) is 2.85. The minimum atomic E-state index is 0.198. The van der Waals surface area contributed by atoms with Crippen LogP contribution in [0.5, 0.6) is 11.5 Å². The van der Waals surface area contributed by atoms with Gasteiger partial charge in [-0.2, -0.15) is 0 Å². The van der Waals surface area contributed by atoms with Crippen LogP contribution in [-0.4, -0.2) is 18.1 Å². The number of aldehydes is 1. The highest BCUT2D eigenvalue weighted by molar-refractivity contribution is 5.90. The van der Waals surface area contributed by atoms with Crippen LogP contribution >= 0.6 is 0 Å². The molecule has 0 saturated heterocycles. The van der Waals surface area contributed by atoms with Gasteiger partial charge in [0.1, 0.15) is 0 Å². The third-order valence-electron chi connectivity index (χ3n) is 3.00. The SMILES string of the molecule is Cc1ccncc1-c1cc2c(cc1C=O)OCO2. The predicted octanol–water partition coefficient (Wildman–Crippen LogP) is 2.60. The van der Waals surface area contributed by atoms with Crippen LogP contribution in [0.3, 0.4) is 0 Å². The van der Waals surface area contributed by atoms with Gasteiger partial charge < -0.3 is 9.47 Å². The first-order valence-electron chi connectivity index (χ1n) is 5.59. The first-order valence-corrected chi connectivity index (χ1v) is 5.59. The molecule has 2 heterocycles. The van der Waals surface area contributed by atoms with Crippen LogP contribution in [0.1, 0.15) is 15.9 Å². The lowest BCUT2D eigenvalue weighted by atomic mass is 9.98. The average molecular weight is 241 g/mol. The molecular formula is C14H11NO3. The maximum Gasteiger partial charge on any atom is 0.231 e. The lowest BCUT2D eigenvalue weighted by Crippen LogP contribution is -1.92. The highest BCUT2D eigenvalue weighted by atomic mass is 16.7. The highest BCUT2D eigenvalue weighted by Gasteiger charge is 2.18. The third-order valence-corrected chi connectivity index (χ3v) is 3.00. The summed E-state index contributed by atoms with van der Waals surface area (Å²) >= 11 is 0. The van der Waals surface area contributed by atoms with Gasteiger partial charge in [0, 0.05) is 23.5 Å². The highest BCUT2D eigenvalue weighted by Crippen LogP contribution is 2.38.